The fourth-order valence-corrected chi connectivity index (χ4v) is 3.97. The first-order valence-corrected chi connectivity index (χ1v) is 10.6. The SMILES string of the molecule is Cc1cc(F)ccc1-c1nc(NC(CO)(CO)CO)nc2c1CNC[N+]2([O-])c1ccccc1F. The maximum absolute atomic E-state index is 14.7. The largest absolute Gasteiger partial charge is 0.620 e. The number of aryl methyl sites for hydroxylation is 1. The Morgan fingerprint density at radius 1 is 1.09 bits per heavy atom. The molecule has 34 heavy (non-hydrogen) atoms. The molecule has 0 spiro atoms. The lowest BCUT2D eigenvalue weighted by molar-refractivity contribution is 0.0828. The van der Waals surface area contributed by atoms with Crippen LogP contribution in [0, 0.1) is 23.8 Å². The number of aromatic nitrogens is 2. The number of hydroxylamine groups is 1. The van der Waals surface area contributed by atoms with E-state index in [1.165, 1.54) is 36.4 Å². The van der Waals surface area contributed by atoms with Gasteiger partial charge in [-0.2, -0.15) is 4.98 Å². The first-order chi connectivity index (χ1) is 16.3. The molecule has 2 aromatic carbocycles. The topological polar surface area (TPSA) is 134 Å². The van der Waals surface area contributed by atoms with E-state index in [-0.39, 0.29) is 30.7 Å². The highest BCUT2D eigenvalue weighted by Gasteiger charge is 2.38. The van der Waals surface area contributed by atoms with Gasteiger partial charge < -0.3 is 25.8 Å². The molecule has 11 heteroatoms. The molecular formula is C23H25F2N5O4. The fourth-order valence-electron chi connectivity index (χ4n) is 3.97. The summed E-state index contributed by atoms with van der Waals surface area (Å²) in [4.78, 5) is 8.87. The van der Waals surface area contributed by atoms with Crippen LogP contribution in [-0.2, 0) is 6.54 Å². The lowest BCUT2D eigenvalue weighted by Crippen LogP contribution is -2.52. The number of para-hydroxylation sites is 1. The van der Waals surface area contributed by atoms with E-state index >= 15 is 0 Å². The van der Waals surface area contributed by atoms with Crippen molar-refractivity contribution in [3.8, 4) is 11.3 Å². The van der Waals surface area contributed by atoms with E-state index < -0.39 is 41.6 Å². The molecule has 5 N–H and O–H groups in total. The Kier molecular flexibility index (Phi) is 6.58. The van der Waals surface area contributed by atoms with Crippen LogP contribution in [0.25, 0.3) is 11.3 Å². The van der Waals surface area contributed by atoms with Gasteiger partial charge in [0.2, 0.25) is 11.8 Å². The van der Waals surface area contributed by atoms with Gasteiger partial charge in [-0.15, -0.1) is 0 Å². The van der Waals surface area contributed by atoms with Crippen LogP contribution in [0.1, 0.15) is 11.1 Å². The minimum absolute atomic E-state index is 0.0530. The first kappa shape index (κ1) is 24.1. The number of fused-ring (bicyclic) bond motifs is 1. The molecule has 0 radical (unpaired) electrons. The van der Waals surface area contributed by atoms with Crippen LogP contribution in [0.4, 0.5) is 26.2 Å². The summed E-state index contributed by atoms with van der Waals surface area (Å²) in [5, 5.41) is 49.1. The van der Waals surface area contributed by atoms with E-state index in [9.17, 15) is 29.3 Å². The zero-order valence-electron chi connectivity index (χ0n) is 18.4. The number of nitrogens with zero attached hydrogens (tertiary/aromatic N) is 3. The number of benzene rings is 2. The fraction of sp³-hybridized carbons (Fsp3) is 0.304. The van der Waals surface area contributed by atoms with E-state index in [0.717, 1.165) is 0 Å². The van der Waals surface area contributed by atoms with Crippen LogP contribution in [0.5, 0.6) is 0 Å². The van der Waals surface area contributed by atoms with Crippen molar-refractivity contribution in [3.63, 3.8) is 0 Å². The summed E-state index contributed by atoms with van der Waals surface area (Å²) in [6.07, 6.45) is 0. The minimum atomic E-state index is -1.58. The number of rotatable bonds is 7. The minimum Gasteiger partial charge on any atom is -0.620 e. The lowest BCUT2D eigenvalue weighted by atomic mass is 9.99. The van der Waals surface area contributed by atoms with Gasteiger partial charge in [-0.25, -0.2) is 13.8 Å². The molecule has 0 amide bonds. The molecular weight excluding hydrogens is 448 g/mol. The number of nitrogens with one attached hydrogen (secondary N) is 2. The molecule has 180 valence electrons. The summed E-state index contributed by atoms with van der Waals surface area (Å²) >= 11 is 0. The van der Waals surface area contributed by atoms with E-state index in [2.05, 4.69) is 20.6 Å². The molecule has 4 rings (SSSR count). The van der Waals surface area contributed by atoms with E-state index in [0.29, 0.717) is 22.4 Å². The predicted molar refractivity (Wildman–Crippen MR) is 123 cm³/mol. The quantitative estimate of drug-likeness (QED) is 0.260. The summed E-state index contributed by atoms with van der Waals surface area (Å²) in [5.41, 5.74) is 0.0221. The summed E-state index contributed by atoms with van der Waals surface area (Å²) in [7, 11) is 0. The Balaban J connectivity index is 1.99. The highest BCUT2D eigenvalue weighted by Crippen LogP contribution is 2.42. The highest BCUT2D eigenvalue weighted by atomic mass is 19.1. The van der Waals surface area contributed by atoms with Crippen LogP contribution in [0.2, 0.25) is 0 Å². The van der Waals surface area contributed by atoms with Crippen LogP contribution in [-0.4, -0.2) is 57.3 Å². The van der Waals surface area contributed by atoms with Gasteiger partial charge >= 0.3 is 0 Å². The van der Waals surface area contributed by atoms with Gasteiger partial charge in [0.05, 0.1) is 31.1 Å². The Morgan fingerprint density at radius 3 is 2.44 bits per heavy atom. The Bertz CT molecular complexity index is 1200. The highest BCUT2D eigenvalue weighted by molar-refractivity contribution is 5.75. The Morgan fingerprint density at radius 2 is 1.79 bits per heavy atom. The molecule has 0 saturated heterocycles. The second-order valence-electron chi connectivity index (χ2n) is 8.31. The third kappa shape index (κ3) is 4.13. The van der Waals surface area contributed by atoms with Crippen molar-refractivity contribution in [1.82, 2.24) is 19.9 Å². The van der Waals surface area contributed by atoms with Crippen LogP contribution in [0.15, 0.2) is 42.5 Å². The summed E-state index contributed by atoms with van der Waals surface area (Å²) in [5.74, 6) is -1.37. The molecule has 0 fully saturated rings. The molecule has 0 bridgehead atoms. The maximum atomic E-state index is 14.7. The van der Waals surface area contributed by atoms with Crippen molar-refractivity contribution in [2.45, 2.75) is 19.0 Å². The average molecular weight is 473 g/mol. The third-order valence-electron chi connectivity index (χ3n) is 5.93. The molecule has 3 aromatic rings. The standard InChI is InChI=1S/C23H25F2N5O4/c1-14-8-15(24)6-7-16(14)20-17-9-26-13-30(34,19-5-3-2-4-18(19)25)21(17)28-22(27-20)29-23(10-31,11-32)12-33/h2-8,26,31-33H,9-13H2,1H3,(H,27,28,29). The van der Waals surface area contributed by atoms with E-state index in [4.69, 9.17) is 0 Å². The summed E-state index contributed by atoms with van der Waals surface area (Å²) in [6, 6.07) is 9.67. The van der Waals surface area contributed by atoms with Crippen LogP contribution >= 0.6 is 0 Å². The van der Waals surface area contributed by atoms with Crippen molar-refractivity contribution < 1.29 is 24.1 Å². The van der Waals surface area contributed by atoms with Gasteiger partial charge in [0, 0.05) is 18.2 Å². The van der Waals surface area contributed by atoms with Crippen LogP contribution < -0.4 is 15.3 Å². The second kappa shape index (κ2) is 9.29. The summed E-state index contributed by atoms with van der Waals surface area (Å²) in [6.45, 7) is -0.292. The maximum Gasteiger partial charge on any atom is 0.243 e. The molecule has 2 heterocycles. The number of halogens is 2. The predicted octanol–water partition coefficient (Wildman–Crippen LogP) is 2.06. The molecule has 1 unspecified atom stereocenters. The van der Waals surface area contributed by atoms with Crippen molar-refractivity contribution in [2.24, 2.45) is 0 Å². The van der Waals surface area contributed by atoms with Gasteiger partial charge in [-0.05, 0) is 36.8 Å². The average Bonchev–Trinajstić information content (AvgIpc) is 2.83. The van der Waals surface area contributed by atoms with Crippen LogP contribution in [0.3, 0.4) is 0 Å². The second-order valence-corrected chi connectivity index (χ2v) is 8.31. The normalized spacial score (nSPS) is 18.0. The first-order valence-electron chi connectivity index (χ1n) is 10.6. The van der Waals surface area contributed by atoms with Gasteiger partial charge in [0.15, 0.2) is 11.5 Å². The smallest absolute Gasteiger partial charge is 0.243 e. The van der Waals surface area contributed by atoms with Crippen molar-refractivity contribution in [3.05, 3.63) is 70.4 Å². The van der Waals surface area contributed by atoms with E-state index in [1.54, 1.807) is 13.0 Å². The van der Waals surface area contributed by atoms with Gasteiger partial charge in [-0.1, -0.05) is 12.1 Å². The number of aliphatic hydroxyl groups excluding tert-OH is 3. The number of hydrogen-bond acceptors (Lipinski definition) is 8. The molecule has 1 aromatic heterocycles. The molecule has 0 aliphatic carbocycles. The van der Waals surface area contributed by atoms with Gasteiger partial charge in [0.1, 0.15) is 18.0 Å². The van der Waals surface area contributed by atoms with Gasteiger partial charge in [0.25, 0.3) is 0 Å². The Hall–Kier alpha value is -3.06. The number of hydrogen-bond donors (Lipinski definition) is 5. The number of aliphatic hydroxyl groups is 3. The zero-order chi connectivity index (χ0) is 24.5. The van der Waals surface area contributed by atoms with Crippen molar-refractivity contribution in [2.75, 3.05) is 31.8 Å². The summed E-state index contributed by atoms with van der Waals surface area (Å²) < 4.78 is 27.3. The lowest BCUT2D eigenvalue weighted by Gasteiger charge is -2.44. The molecule has 1 aliphatic rings. The molecule has 0 saturated carbocycles. The molecule has 1 aliphatic heterocycles. The zero-order valence-corrected chi connectivity index (χ0v) is 18.4. The Labute approximate surface area is 194 Å². The van der Waals surface area contributed by atoms with Crippen molar-refractivity contribution in [1.29, 1.82) is 0 Å². The number of quaternary nitrogens is 1. The monoisotopic (exact) mass is 473 g/mol. The van der Waals surface area contributed by atoms with Crippen molar-refractivity contribution >= 4 is 17.5 Å². The molecule has 9 nitrogen and oxygen atoms in total. The van der Waals surface area contributed by atoms with Gasteiger partial charge in [-0.3, -0.25) is 9.96 Å². The van der Waals surface area contributed by atoms with E-state index in [1.807, 2.05) is 0 Å². The number of anilines is 1. The third-order valence-corrected chi connectivity index (χ3v) is 5.93. The molecule has 1 atom stereocenters.